The van der Waals surface area contributed by atoms with Gasteiger partial charge in [0, 0.05) is 6.07 Å². The predicted octanol–water partition coefficient (Wildman–Crippen LogP) is 2.69. The third kappa shape index (κ3) is 3.13. The van der Waals surface area contributed by atoms with Gasteiger partial charge >= 0.3 is 6.03 Å². The molecule has 0 saturated carbocycles. The van der Waals surface area contributed by atoms with Crippen molar-refractivity contribution in [2.24, 2.45) is 0 Å². The van der Waals surface area contributed by atoms with Gasteiger partial charge in [0.2, 0.25) is 5.91 Å². The maximum Gasteiger partial charge on any atom is 0.325 e. The number of anilines is 1. The molecule has 30 heavy (non-hydrogen) atoms. The summed E-state index contributed by atoms with van der Waals surface area (Å²) in [5.74, 6) is -0.251. The number of urea groups is 1. The molecule has 0 aromatic heterocycles. The first kappa shape index (κ1) is 20.0. The van der Waals surface area contributed by atoms with Gasteiger partial charge < -0.3 is 20.1 Å². The first-order valence-electron chi connectivity index (χ1n) is 9.33. The summed E-state index contributed by atoms with van der Waals surface area (Å²) in [7, 11) is 2.91. The lowest BCUT2D eigenvalue weighted by atomic mass is 9.92. The molecule has 8 nitrogen and oxygen atoms in total. The standard InChI is InChI=1S/C21H20ClN3O5/c1-29-16-10-17(30-2)15(9-14(16)22)23-18(26)11-25-19(27)21(24-20(25)28)8-7-12-5-3-4-6-13(12)21/h3-6,9-10H,7-8,11H2,1-2H3,(H,23,26)(H,24,28). The van der Waals surface area contributed by atoms with E-state index in [2.05, 4.69) is 10.6 Å². The number of hydrogen-bond donors (Lipinski definition) is 2. The molecule has 1 saturated heterocycles. The minimum absolute atomic E-state index is 0.283. The smallest absolute Gasteiger partial charge is 0.325 e. The van der Waals surface area contributed by atoms with E-state index in [1.165, 1.54) is 26.4 Å². The minimum Gasteiger partial charge on any atom is -0.495 e. The summed E-state index contributed by atoms with van der Waals surface area (Å²) in [4.78, 5) is 39.3. The van der Waals surface area contributed by atoms with Crippen LogP contribution in [-0.4, -0.2) is 43.5 Å². The number of ether oxygens (including phenoxy) is 2. The second kappa shape index (κ2) is 7.53. The van der Waals surface area contributed by atoms with E-state index in [4.69, 9.17) is 21.1 Å². The fourth-order valence-corrected chi connectivity index (χ4v) is 4.27. The van der Waals surface area contributed by atoms with Crippen LogP contribution in [0.1, 0.15) is 17.5 Å². The van der Waals surface area contributed by atoms with Crippen molar-refractivity contribution in [2.75, 3.05) is 26.1 Å². The summed E-state index contributed by atoms with van der Waals surface area (Å²) < 4.78 is 10.4. The summed E-state index contributed by atoms with van der Waals surface area (Å²) in [6.07, 6.45) is 1.15. The molecule has 0 bridgehead atoms. The highest BCUT2D eigenvalue weighted by Crippen LogP contribution is 2.41. The number of aryl methyl sites for hydroxylation is 1. The Morgan fingerprint density at radius 2 is 1.93 bits per heavy atom. The summed E-state index contributed by atoms with van der Waals surface area (Å²) in [6.45, 7) is -0.429. The number of imide groups is 1. The molecular formula is C21H20ClN3O5. The quantitative estimate of drug-likeness (QED) is 0.712. The van der Waals surface area contributed by atoms with E-state index in [0.29, 0.717) is 30.0 Å². The normalized spacial score (nSPS) is 19.6. The first-order chi connectivity index (χ1) is 14.4. The number of fused-ring (bicyclic) bond motifs is 2. The van der Waals surface area contributed by atoms with Gasteiger partial charge in [0.15, 0.2) is 0 Å². The molecule has 1 heterocycles. The van der Waals surface area contributed by atoms with Crippen LogP contribution in [0.25, 0.3) is 0 Å². The highest BCUT2D eigenvalue weighted by atomic mass is 35.5. The van der Waals surface area contributed by atoms with Crippen molar-refractivity contribution in [1.29, 1.82) is 0 Å². The molecule has 156 valence electrons. The van der Waals surface area contributed by atoms with E-state index in [1.54, 1.807) is 0 Å². The number of methoxy groups -OCH3 is 2. The number of hydrogen-bond acceptors (Lipinski definition) is 5. The van der Waals surface area contributed by atoms with Crippen LogP contribution in [-0.2, 0) is 21.5 Å². The van der Waals surface area contributed by atoms with Gasteiger partial charge in [-0.2, -0.15) is 0 Å². The number of halogens is 1. The molecule has 4 amide bonds. The SMILES string of the molecule is COc1cc(OC)c(NC(=O)CN2C(=O)NC3(CCc4ccccc43)C2=O)cc1Cl. The van der Waals surface area contributed by atoms with Crippen LogP contribution < -0.4 is 20.1 Å². The maximum atomic E-state index is 13.2. The topological polar surface area (TPSA) is 97.0 Å². The average Bonchev–Trinajstić information content (AvgIpc) is 3.21. The molecule has 1 aliphatic carbocycles. The third-order valence-corrected chi connectivity index (χ3v) is 5.77. The Hall–Kier alpha value is -3.26. The molecule has 1 spiro atoms. The molecule has 2 aromatic rings. The van der Waals surface area contributed by atoms with E-state index in [9.17, 15) is 14.4 Å². The number of rotatable bonds is 5. The number of carbonyl (C=O) groups excluding carboxylic acids is 3. The molecule has 1 fully saturated rings. The Balaban J connectivity index is 1.53. The van der Waals surface area contributed by atoms with Crippen molar-refractivity contribution in [3.63, 3.8) is 0 Å². The minimum atomic E-state index is -1.10. The molecule has 1 atom stereocenters. The lowest BCUT2D eigenvalue weighted by Gasteiger charge is -2.22. The Kier molecular flexibility index (Phi) is 5.03. The summed E-state index contributed by atoms with van der Waals surface area (Å²) in [5, 5.41) is 5.72. The van der Waals surface area contributed by atoms with E-state index in [1.807, 2.05) is 24.3 Å². The highest BCUT2D eigenvalue weighted by Gasteiger charge is 2.55. The number of nitrogens with one attached hydrogen (secondary N) is 2. The van der Waals surface area contributed by atoms with Gasteiger partial charge in [0.25, 0.3) is 5.91 Å². The molecule has 4 rings (SSSR count). The van der Waals surface area contributed by atoms with Crippen molar-refractivity contribution in [3.8, 4) is 11.5 Å². The zero-order valence-corrected chi connectivity index (χ0v) is 17.2. The lowest BCUT2D eigenvalue weighted by Crippen LogP contribution is -2.43. The van der Waals surface area contributed by atoms with Gasteiger partial charge in [0.05, 0.1) is 24.9 Å². The molecule has 9 heteroatoms. The van der Waals surface area contributed by atoms with E-state index >= 15 is 0 Å². The maximum absolute atomic E-state index is 13.2. The zero-order valence-electron chi connectivity index (χ0n) is 16.5. The molecule has 2 aliphatic rings. The first-order valence-corrected chi connectivity index (χ1v) is 9.71. The largest absolute Gasteiger partial charge is 0.495 e. The Morgan fingerprint density at radius 3 is 2.67 bits per heavy atom. The van der Waals surface area contributed by atoms with Crippen LogP contribution >= 0.6 is 11.6 Å². The molecule has 2 aromatic carbocycles. The highest BCUT2D eigenvalue weighted by molar-refractivity contribution is 6.32. The van der Waals surface area contributed by atoms with Gasteiger partial charge in [-0.3, -0.25) is 14.5 Å². The van der Waals surface area contributed by atoms with Crippen molar-refractivity contribution in [2.45, 2.75) is 18.4 Å². The number of amides is 4. The van der Waals surface area contributed by atoms with Gasteiger partial charge in [-0.05, 0) is 30.0 Å². The van der Waals surface area contributed by atoms with E-state index in [0.717, 1.165) is 16.0 Å². The second-order valence-electron chi connectivity index (χ2n) is 7.12. The van der Waals surface area contributed by atoms with E-state index in [-0.39, 0.29) is 5.02 Å². The van der Waals surface area contributed by atoms with Gasteiger partial charge in [-0.25, -0.2) is 4.79 Å². The van der Waals surface area contributed by atoms with Crippen LogP contribution in [0.2, 0.25) is 5.02 Å². The fourth-order valence-electron chi connectivity index (χ4n) is 4.02. The number of nitrogens with zero attached hydrogens (tertiary/aromatic N) is 1. The molecule has 2 N–H and O–H groups in total. The Bertz CT molecular complexity index is 1060. The summed E-state index contributed by atoms with van der Waals surface area (Å²) in [5.41, 5.74) is 1.01. The van der Waals surface area contributed by atoms with Crippen LogP contribution in [0.4, 0.5) is 10.5 Å². The third-order valence-electron chi connectivity index (χ3n) is 5.47. The Labute approximate surface area is 178 Å². The van der Waals surface area contributed by atoms with Crippen LogP contribution in [0.3, 0.4) is 0 Å². The number of benzene rings is 2. The van der Waals surface area contributed by atoms with Crippen molar-refractivity contribution < 1.29 is 23.9 Å². The van der Waals surface area contributed by atoms with Crippen LogP contribution in [0, 0.1) is 0 Å². The average molecular weight is 430 g/mol. The number of carbonyl (C=O) groups is 3. The van der Waals surface area contributed by atoms with Gasteiger partial charge in [-0.15, -0.1) is 0 Å². The van der Waals surface area contributed by atoms with Gasteiger partial charge in [-0.1, -0.05) is 35.9 Å². The van der Waals surface area contributed by atoms with Crippen molar-refractivity contribution in [1.82, 2.24) is 10.2 Å². The predicted molar refractivity (Wildman–Crippen MR) is 110 cm³/mol. The molecular weight excluding hydrogens is 410 g/mol. The van der Waals surface area contributed by atoms with Crippen LogP contribution in [0.5, 0.6) is 11.5 Å². The van der Waals surface area contributed by atoms with Gasteiger partial charge in [0.1, 0.15) is 23.6 Å². The molecule has 0 radical (unpaired) electrons. The van der Waals surface area contributed by atoms with E-state index < -0.39 is 29.9 Å². The fraction of sp³-hybridized carbons (Fsp3) is 0.286. The van der Waals surface area contributed by atoms with Crippen LogP contribution in [0.15, 0.2) is 36.4 Å². The zero-order chi connectivity index (χ0) is 21.5. The van der Waals surface area contributed by atoms with Crippen molar-refractivity contribution in [3.05, 3.63) is 52.5 Å². The summed E-state index contributed by atoms with van der Waals surface area (Å²) >= 11 is 6.13. The molecule has 1 aliphatic heterocycles. The lowest BCUT2D eigenvalue weighted by molar-refractivity contribution is -0.134. The monoisotopic (exact) mass is 429 g/mol. The van der Waals surface area contributed by atoms with Crippen molar-refractivity contribution >= 4 is 35.1 Å². The molecule has 1 unspecified atom stereocenters. The Morgan fingerprint density at radius 1 is 1.20 bits per heavy atom. The summed E-state index contributed by atoms with van der Waals surface area (Å²) in [6, 6.07) is 9.95. The second-order valence-corrected chi connectivity index (χ2v) is 7.53.